The van der Waals surface area contributed by atoms with E-state index >= 15 is 0 Å². The maximum Gasteiger partial charge on any atom is 0.211 e. The van der Waals surface area contributed by atoms with Gasteiger partial charge in [0.1, 0.15) is 11.6 Å². The molecular formula is C17H18F2N2O3S. The van der Waals surface area contributed by atoms with Gasteiger partial charge >= 0.3 is 0 Å². The number of aliphatic hydroxyl groups is 1. The minimum atomic E-state index is -3.42. The van der Waals surface area contributed by atoms with E-state index in [1.54, 1.807) is 16.7 Å². The lowest BCUT2D eigenvalue weighted by Crippen LogP contribution is -2.35. The minimum absolute atomic E-state index is 0.0505. The summed E-state index contributed by atoms with van der Waals surface area (Å²) >= 11 is 0. The summed E-state index contributed by atoms with van der Waals surface area (Å²) < 4.78 is 53.6. The van der Waals surface area contributed by atoms with Gasteiger partial charge in [0.15, 0.2) is 0 Å². The highest BCUT2D eigenvalue weighted by Crippen LogP contribution is 2.31. The average Bonchev–Trinajstić information content (AvgIpc) is 2.81. The van der Waals surface area contributed by atoms with E-state index < -0.39 is 27.8 Å². The second-order valence-corrected chi connectivity index (χ2v) is 8.19. The van der Waals surface area contributed by atoms with Crippen LogP contribution in [0.5, 0.6) is 0 Å². The van der Waals surface area contributed by atoms with E-state index in [0.29, 0.717) is 16.4 Å². The minimum Gasteiger partial charge on any atom is -0.390 e. The molecule has 0 aliphatic rings. The molecule has 0 fully saturated rings. The van der Waals surface area contributed by atoms with Gasteiger partial charge < -0.3 is 9.67 Å². The standard InChI is InChI=1S/C17H18F2N2O3S/c1-20(25(2,23)24)9-12(22)10-21-15-7-6-11(18)8-13(15)17-14(19)4-3-5-16(17)21/h3-8,12,22H,9-10H2,1-2H3. The second-order valence-electron chi connectivity index (χ2n) is 6.10. The quantitative estimate of drug-likeness (QED) is 0.752. The molecule has 1 heterocycles. The SMILES string of the molecule is CN(CC(O)Cn1c2ccc(F)cc2c2c(F)cccc21)S(C)(=O)=O. The van der Waals surface area contributed by atoms with Crippen molar-refractivity contribution in [3.05, 3.63) is 48.0 Å². The Kier molecular flexibility index (Phi) is 4.52. The number of rotatable bonds is 5. The third-order valence-electron chi connectivity index (χ3n) is 4.23. The fourth-order valence-electron chi connectivity index (χ4n) is 2.98. The molecule has 1 aromatic heterocycles. The van der Waals surface area contributed by atoms with Crippen LogP contribution in [0.2, 0.25) is 0 Å². The molecule has 0 bridgehead atoms. The molecular weight excluding hydrogens is 350 g/mol. The molecule has 1 N–H and O–H groups in total. The third kappa shape index (κ3) is 3.37. The Morgan fingerprint density at radius 2 is 1.92 bits per heavy atom. The summed E-state index contributed by atoms with van der Waals surface area (Å²) in [5, 5.41) is 11.0. The van der Waals surface area contributed by atoms with Crippen molar-refractivity contribution in [2.24, 2.45) is 0 Å². The van der Waals surface area contributed by atoms with Gasteiger partial charge in [-0.15, -0.1) is 0 Å². The van der Waals surface area contributed by atoms with E-state index in [9.17, 15) is 22.3 Å². The van der Waals surface area contributed by atoms with Crippen LogP contribution in [0.4, 0.5) is 8.78 Å². The molecule has 2 aromatic carbocycles. The fourth-order valence-corrected chi connectivity index (χ4v) is 3.42. The highest BCUT2D eigenvalue weighted by atomic mass is 32.2. The molecule has 0 saturated carbocycles. The van der Waals surface area contributed by atoms with Gasteiger partial charge in [-0.2, -0.15) is 0 Å². The Morgan fingerprint density at radius 1 is 1.20 bits per heavy atom. The maximum absolute atomic E-state index is 14.3. The molecule has 8 heteroatoms. The van der Waals surface area contributed by atoms with Crippen molar-refractivity contribution in [3.8, 4) is 0 Å². The molecule has 0 amide bonds. The van der Waals surface area contributed by atoms with Gasteiger partial charge in [0.2, 0.25) is 10.0 Å². The van der Waals surface area contributed by atoms with Gasteiger partial charge in [0.25, 0.3) is 0 Å². The second kappa shape index (κ2) is 6.36. The zero-order chi connectivity index (χ0) is 18.4. The van der Waals surface area contributed by atoms with Crippen molar-refractivity contribution in [2.45, 2.75) is 12.6 Å². The summed E-state index contributed by atoms with van der Waals surface area (Å²) in [6.07, 6.45) is 0.0463. The molecule has 0 radical (unpaired) electrons. The van der Waals surface area contributed by atoms with Crippen LogP contribution in [0.1, 0.15) is 0 Å². The van der Waals surface area contributed by atoms with Crippen molar-refractivity contribution < 1.29 is 22.3 Å². The van der Waals surface area contributed by atoms with Crippen LogP contribution >= 0.6 is 0 Å². The molecule has 0 aliphatic carbocycles. The normalized spacial score (nSPS) is 13.8. The number of benzene rings is 2. The first-order valence-electron chi connectivity index (χ1n) is 7.64. The van der Waals surface area contributed by atoms with Crippen LogP contribution in [-0.2, 0) is 16.6 Å². The van der Waals surface area contributed by atoms with E-state index in [1.165, 1.54) is 31.3 Å². The van der Waals surface area contributed by atoms with Crippen LogP contribution in [0.3, 0.4) is 0 Å². The Bertz CT molecular complexity index is 1050. The Hall–Kier alpha value is -2.03. The summed E-state index contributed by atoms with van der Waals surface area (Å²) in [6.45, 7) is -0.0501. The number of halogens is 2. The lowest BCUT2D eigenvalue weighted by Gasteiger charge is -2.19. The van der Waals surface area contributed by atoms with Crippen LogP contribution < -0.4 is 0 Å². The Labute approximate surface area is 144 Å². The zero-order valence-corrected chi connectivity index (χ0v) is 14.6. The number of aromatic nitrogens is 1. The van der Waals surface area contributed by atoms with Gasteiger partial charge in [0, 0.05) is 29.9 Å². The van der Waals surface area contributed by atoms with Crippen molar-refractivity contribution in [1.82, 2.24) is 8.87 Å². The molecule has 0 aliphatic heterocycles. The molecule has 1 atom stereocenters. The van der Waals surface area contributed by atoms with E-state index in [4.69, 9.17) is 0 Å². The zero-order valence-electron chi connectivity index (χ0n) is 13.8. The summed E-state index contributed by atoms with van der Waals surface area (Å²) in [7, 11) is -2.05. The van der Waals surface area contributed by atoms with Crippen molar-refractivity contribution in [2.75, 3.05) is 19.8 Å². The fraction of sp³-hybridized carbons (Fsp3) is 0.294. The number of nitrogens with zero attached hydrogens (tertiary/aromatic N) is 2. The van der Waals surface area contributed by atoms with Crippen LogP contribution in [0.15, 0.2) is 36.4 Å². The molecule has 5 nitrogen and oxygen atoms in total. The van der Waals surface area contributed by atoms with Crippen molar-refractivity contribution in [3.63, 3.8) is 0 Å². The van der Waals surface area contributed by atoms with Crippen molar-refractivity contribution >= 4 is 31.8 Å². The van der Waals surface area contributed by atoms with Gasteiger partial charge in [-0.25, -0.2) is 21.5 Å². The summed E-state index contributed by atoms with van der Waals surface area (Å²) in [4.78, 5) is 0. The first-order chi connectivity index (χ1) is 11.7. The van der Waals surface area contributed by atoms with Gasteiger partial charge in [-0.3, -0.25) is 0 Å². The van der Waals surface area contributed by atoms with Crippen LogP contribution in [0.25, 0.3) is 21.8 Å². The number of sulfonamides is 1. The predicted molar refractivity (Wildman–Crippen MR) is 92.8 cm³/mol. The first-order valence-corrected chi connectivity index (χ1v) is 9.48. The highest BCUT2D eigenvalue weighted by molar-refractivity contribution is 7.88. The predicted octanol–water partition coefficient (Wildman–Crippen LogP) is 2.33. The molecule has 134 valence electrons. The molecule has 3 aromatic rings. The molecule has 25 heavy (non-hydrogen) atoms. The summed E-state index contributed by atoms with van der Waals surface area (Å²) in [6, 6.07) is 8.57. The van der Waals surface area contributed by atoms with Gasteiger partial charge in [0.05, 0.1) is 24.4 Å². The smallest absolute Gasteiger partial charge is 0.211 e. The first kappa shape index (κ1) is 17.8. The number of likely N-dealkylation sites (N-methyl/N-ethyl adjacent to an activating group) is 1. The van der Waals surface area contributed by atoms with Crippen LogP contribution in [0, 0.1) is 11.6 Å². The van der Waals surface area contributed by atoms with E-state index in [0.717, 1.165) is 10.6 Å². The Morgan fingerprint density at radius 3 is 2.60 bits per heavy atom. The van der Waals surface area contributed by atoms with E-state index in [-0.39, 0.29) is 18.5 Å². The van der Waals surface area contributed by atoms with Gasteiger partial charge in [-0.1, -0.05) is 6.07 Å². The van der Waals surface area contributed by atoms with E-state index in [2.05, 4.69) is 0 Å². The topological polar surface area (TPSA) is 62.5 Å². The number of aliphatic hydroxyl groups excluding tert-OH is 1. The molecule has 0 spiro atoms. The largest absolute Gasteiger partial charge is 0.390 e. The van der Waals surface area contributed by atoms with Gasteiger partial charge in [-0.05, 0) is 30.3 Å². The summed E-state index contributed by atoms with van der Waals surface area (Å²) in [5.74, 6) is -0.957. The van der Waals surface area contributed by atoms with Crippen molar-refractivity contribution in [1.29, 1.82) is 0 Å². The molecule has 0 saturated heterocycles. The lowest BCUT2D eigenvalue weighted by atomic mass is 10.1. The Balaban J connectivity index is 2.07. The average molecular weight is 368 g/mol. The molecule has 3 rings (SSSR count). The highest BCUT2D eigenvalue weighted by Gasteiger charge is 2.20. The van der Waals surface area contributed by atoms with E-state index in [1.807, 2.05) is 0 Å². The number of hydrogen-bond donors (Lipinski definition) is 1. The maximum atomic E-state index is 14.3. The summed E-state index contributed by atoms with van der Waals surface area (Å²) in [5.41, 5.74) is 1.09. The lowest BCUT2D eigenvalue weighted by molar-refractivity contribution is 0.137. The third-order valence-corrected chi connectivity index (χ3v) is 5.51. The monoisotopic (exact) mass is 368 g/mol. The molecule has 1 unspecified atom stereocenters. The number of fused-ring (bicyclic) bond motifs is 3. The van der Waals surface area contributed by atoms with Crippen LogP contribution in [-0.4, -0.2) is 48.3 Å². The number of hydrogen-bond acceptors (Lipinski definition) is 3.